The molecule has 1 saturated heterocycles. The number of nitrogens with two attached hydrogens (primary N) is 1. The number of aromatic nitrogens is 1. The van der Waals surface area contributed by atoms with Crippen molar-refractivity contribution in [2.24, 2.45) is 5.73 Å². The Balaban J connectivity index is 0. The van der Waals surface area contributed by atoms with Crippen molar-refractivity contribution in [1.29, 1.82) is 0 Å². The monoisotopic (exact) mass is 299 g/mol. The van der Waals surface area contributed by atoms with Gasteiger partial charge in [0.2, 0.25) is 0 Å². The molecule has 100 valence electrons. The highest BCUT2D eigenvalue weighted by molar-refractivity contribution is 5.86. The van der Waals surface area contributed by atoms with Crippen LogP contribution in [0.4, 0.5) is 0 Å². The second-order valence-corrected chi connectivity index (χ2v) is 3.97. The van der Waals surface area contributed by atoms with Gasteiger partial charge in [-0.1, -0.05) is 0 Å². The zero-order valence-corrected chi connectivity index (χ0v) is 12.1. The van der Waals surface area contributed by atoms with E-state index >= 15 is 0 Å². The number of halogens is 3. The summed E-state index contributed by atoms with van der Waals surface area (Å²) >= 11 is 0. The molecule has 3 nitrogen and oxygen atoms in total. The molecular weight excluding hydrogens is 281 g/mol. The van der Waals surface area contributed by atoms with Crippen LogP contribution in [0.25, 0.3) is 0 Å². The van der Waals surface area contributed by atoms with Crippen molar-refractivity contribution in [3.05, 3.63) is 30.1 Å². The molecule has 6 heteroatoms. The molecular formula is C11H20Cl3N3. The fourth-order valence-corrected chi connectivity index (χ4v) is 1.86. The van der Waals surface area contributed by atoms with Gasteiger partial charge in [0.25, 0.3) is 0 Å². The van der Waals surface area contributed by atoms with Crippen LogP contribution in [0, 0.1) is 0 Å². The van der Waals surface area contributed by atoms with Crippen LogP contribution in [0.2, 0.25) is 0 Å². The largest absolute Gasteiger partial charge is 0.328 e. The van der Waals surface area contributed by atoms with Crippen LogP contribution < -0.4 is 5.73 Å². The van der Waals surface area contributed by atoms with E-state index in [2.05, 4.69) is 22.0 Å². The highest BCUT2D eigenvalue weighted by Gasteiger charge is 2.15. The molecule has 2 N–H and O–H groups in total. The van der Waals surface area contributed by atoms with E-state index in [1.807, 2.05) is 12.4 Å². The molecule has 17 heavy (non-hydrogen) atoms. The first-order valence-corrected chi connectivity index (χ1v) is 5.21. The third kappa shape index (κ3) is 6.43. The van der Waals surface area contributed by atoms with E-state index in [1.165, 1.54) is 5.56 Å². The highest BCUT2D eigenvalue weighted by Crippen LogP contribution is 2.11. The van der Waals surface area contributed by atoms with Crippen LogP contribution in [0.3, 0.4) is 0 Å². The van der Waals surface area contributed by atoms with Gasteiger partial charge in [0.05, 0.1) is 0 Å². The van der Waals surface area contributed by atoms with Gasteiger partial charge in [-0.15, -0.1) is 37.2 Å². The van der Waals surface area contributed by atoms with E-state index in [1.54, 1.807) is 0 Å². The van der Waals surface area contributed by atoms with Crippen molar-refractivity contribution >= 4 is 37.2 Å². The SMILES string of the molecule is Cl.Cl.Cl.NC1CCN(Cc2ccncc2)CC1. The van der Waals surface area contributed by atoms with E-state index in [4.69, 9.17) is 5.73 Å². The zero-order chi connectivity index (χ0) is 9.80. The summed E-state index contributed by atoms with van der Waals surface area (Å²) in [6.45, 7) is 3.29. The van der Waals surface area contributed by atoms with E-state index < -0.39 is 0 Å². The van der Waals surface area contributed by atoms with Crippen molar-refractivity contribution in [3.63, 3.8) is 0 Å². The van der Waals surface area contributed by atoms with Crippen molar-refractivity contribution in [2.75, 3.05) is 13.1 Å². The van der Waals surface area contributed by atoms with Gasteiger partial charge in [-0.05, 0) is 43.6 Å². The number of hydrogen-bond donors (Lipinski definition) is 1. The maximum Gasteiger partial charge on any atom is 0.0271 e. The lowest BCUT2D eigenvalue weighted by atomic mass is 10.1. The Morgan fingerprint density at radius 3 is 2.18 bits per heavy atom. The molecule has 0 spiro atoms. The van der Waals surface area contributed by atoms with Gasteiger partial charge < -0.3 is 5.73 Å². The second-order valence-electron chi connectivity index (χ2n) is 3.97. The summed E-state index contributed by atoms with van der Waals surface area (Å²) < 4.78 is 0. The Bertz CT molecular complexity index is 277. The van der Waals surface area contributed by atoms with Gasteiger partial charge in [0.15, 0.2) is 0 Å². The zero-order valence-electron chi connectivity index (χ0n) is 9.62. The Morgan fingerprint density at radius 2 is 1.65 bits per heavy atom. The maximum atomic E-state index is 5.85. The molecule has 0 saturated carbocycles. The van der Waals surface area contributed by atoms with Crippen LogP contribution in [0.1, 0.15) is 18.4 Å². The van der Waals surface area contributed by atoms with Crippen molar-refractivity contribution in [3.8, 4) is 0 Å². The second kappa shape index (κ2) is 9.92. The Kier molecular flexibility index (Phi) is 11.3. The summed E-state index contributed by atoms with van der Waals surface area (Å²) in [6, 6.07) is 4.58. The molecule has 2 rings (SSSR count). The number of nitrogens with zero attached hydrogens (tertiary/aromatic N) is 2. The number of rotatable bonds is 2. The lowest BCUT2D eigenvalue weighted by Crippen LogP contribution is -2.39. The van der Waals surface area contributed by atoms with Gasteiger partial charge in [0.1, 0.15) is 0 Å². The van der Waals surface area contributed by atoms with Crippen molar-refractivity contribution < 1.29 is 0 Å². The summed E-state index contributed by atoms with van der Waals surface area (Å²) in [5, 5.41) is 0. The summed E-state index contributed by atoms with van der Waals surface area (Å²) in [7, 11) is 0. The Labute approximate surface area is 121 Å². The average molecular weight is 301 g/mol. The van der Waals surface area contributed by atoms with E-state index in [-0.39, 0.29) is 37.2 Å². The third-order valence-corrected chi connectivity index (χ3v) is 2.79. The summed E-state index contributed by atoms with van der Waals surface area (Å²) in [5.74, 6) is 0. The lowest BCUT2D eigenvalue weighted by Gasteiger charge is -2.29. The standard InChI is InChI=1S/C11H17N3.3ClH/c12-11-3-7-14(8-4-11)9-10-1-5-13-6-2-10;;;/h1-2,5-6,11H,3-4,7-9,12H2;3*1H. The van der Waals surface area contributed by atoms with E-state index in [0.29, 0.717) is 6.04 Å². The molecule has 1 aromatic heterocycles. The average Bonchev–Trinajstić information content (AvgIpc) is 2.23. The first-order chi connectivity index (χ1) is 6.84. The smallest absolute Gasteiger partial charge is 0.0271 e. The molecule has 1 aliphatic heterocycles. The number of hydrogen-bond acceptors (Lipinski definition) is 3. The maximum absolute atomic E-state index is 5.85. The van der Waals surface area contributed by atoms with Gasteiger partial charge in [-0.2, -0.15) is 0 Å². The molecule has 0 aromatic carbocycles. The predicted octanol–water partition coefficient (Wildman–Crippen LogP) is 2.27. The summed E-state index contributed by atoms with van der Waals surface area (Å²) in [5.41, 5.74) is 7.20. The van der Waals surface area contributed by atoms with Crippen LogP contribution in [0.15, 0.2) is 24.5 Å². The first kappa shape index (κ1) is 19.3. The molecule has 1 aliphatic rings. The number of likely N-dealkylation sites (tertiary alicyclic amines) is 1. The van der Waals surface area contributed by atoms with Gasteiger partial charge in [-0.3, -0.25) is 9.88 Å². The van der Waals surface area contributed by atoms with Crippen molar-refractivity contribution in [1.82, 2.24) is 9.88 Å². The van der Waals surface area contributed by atoms with Gasteiger partial charge in [-0.25, -0.2) is 0 Å². The van der Waals surface area contributed by atoms with Gasteiger partial charge >= 0.3 is 0 Å². The summed E-state index contributed by atoms with van der Waals surface area (Å²) in [4.78, 5) is 6.47. The fraction of sp³-hybridized carbons (Fsp3) is 0.545. The molecule has 0 radical (unpaired) electrons. The van der Waals surface area contributed by atoms with Crippen LogP contribution in [-0.2, 0) is 6.54 Å². The van der Waals surface area contributed by atoms with Crippen LogP contribution in [-0.4, -0.2) is 29.0 Å². The minimum atomic E-state index is 0. The first-order valence-electron chi connectivity index (χ1n) is 5.21. The Morgan fingerprint density at radius 1 is 1.12 bits per heavy atom. The minimum absolute atomic E-state index is 0. The minimum Gasteiger partial charge on any atom is -0.328 e. The molecule has 2 heterocycles. The van der Waals surface area contributed by atoms with E-state index in [0.717, 1.165) is 32.5 Å². The number of pyridine rings is 1. The van der Waals surface area contributed by atoms with Crippen molar-refractivity contribution in [2.45, 2.75) is 25.4 Å². The van der Waals surface area contributed by atoms with E-state index in [9.17, 15) is 0 Å². The molecule has 0 atom stereocenters. The quantitative estimate of drug-likeness (QED) is 0.911. The normalized spacial score (nSPS) is 16.3. The fourth-order valence-electron chi connectivity index (χ4n) is 1.86. The van der Waals surface area contributed by atoms with Gasteiger partial charge in [0, 0.05) is 25.0 Å². The molecule has 0 bridgehead atoms. The lowest BCUT2D eigenvalue weighted by molar-refractivity contribution is 0.205. The van der Waals surface area contributed by atoms with Crippen LogP contribution in [0.5, 0.6) is 0 Å². The molecule has 1 aromatic rings. The topological polar surface area (TPSA) is 42.1 Å². The Hall–Kier alpha value is -0.0600. The number of piperidine rings is 1. The predicted molar refractivity (Wildman–Crippen MR) is 78.5 cm³/mol. The molecule has 0 aliphatic carbocycles. The molecule has 1 fully saturated rings. The highest BCUT2D eigenvalue weighted by atomic mass is 35.5. The summed E-state index contributed by atoms with van der Waals surface area (Å²) in [6.07, 6.45) is 5.96. The molecule has 0 amide bonds. The van der Waals surface area contributed by atoms with Crippen LogP contribution >= 0.6 is 37.2 Å². The third-order valence-electron chi connectivity index (χ3n) is 2.79. The molecule has 0 unspecified atom stereocenters.